The van der Waals surface area contributed by atoms with E-state index in [2.05, 4.69) is 26.9 Å². The molecule has 0 radical (unpaired) electrons. The van der Waals surface area contributed by atoms with Crippen LogP contribution in [0.4, 0.5) is 0 Å². The largest absolute Gasteiger partial charge is 0.334 e. The number of aromatic nitrogens is 1. The number of carbonyl (C=O) groups is 1. The van der Waals surface area contributed by atoms with E-state index < -0.39 is 0 Å². The van der Waals surface area contributed by atoms with Crippen molar-refractivity contribution in [3.05, 3.63) is 59.9 Å². The van der Waals surface area contributed by atoms with Crippen LogP contribution in [0.1, 0.15) is 28.8 Å². The van der Waals surface area contributed by atoms with Gasteiger partial charge in [0.1, 0.15) is 0 Å². The fourth-order valence-electron chi connectivity index (χ4n) is 4.28. The lowest BCUT2D eigenvalue weighted by molar-refractivity contribution is 0.0581. The molecule has 2 atom stereocenters. The molecule has 3 aliphatic heterocycles. The summed E-state index contributed by atoms with van der Waals surface area (Å²) in [6.45, 7) is 3.87. The number of thioether (sulfide) groups is 1. The zero-order valence-corrected chi connectivity index (χ0v) is 16.0. The summed E-state index contributed by atoms with van der Waals surface area (Å²) in [5, 5.41) is 0. The molecule has 4 heterocycles. The Kier molecular flexibility index (Phi) is 5.27. The normalized spacial score (nSPS) is 23.0. The van der Waals surface area contributed by atoms with E-state index in [1.54, 1.807) is 11.8 Å². The third kappa shape index (κ3) is 3.64. The molecule has 5 rings (SSSR count). The van der Waals surface area contributed by atoms with Crippen LogP contribution >= 0.6 is 11.8 Å². The highest BCUT2D eigenvalue weighted by Gasteiger charge is 2.37. The Balaban J connectivity index is 1.52. The van der Waals surface area contributed by atoms with Gasteiger partial charge in [-0.15, -0.1) is 11.8 Å². The van der Waals surface area contributed by atoms with Gasteiger partial charge in [0.2, 0.25) is 0 Å². The number of piperidine rings is 1. The fourth-order valence-corrected chi connectivity index (χ4v) is 4.87. The number of rotatable bonds is 4. The highest BCUT2D eigenvalue weighted by Crippen LogP contribution is 2.31. The van der Waals surface area contributed by atoms with Crippen molar-refractivity contribution in [1.29, 1.82) is 0 Å². The number of fused-ring (bicyclic) bond motifs is 4. The average Bonchev–Trinajstić information content (AvgIpc) is 2.98. The standard InChI is InChI=1S/C21H25N3OS/c1-26-20-5-3-2-4-19(20)21(25)24-14-17-6-7-18(24)15-23(13-17)12-16-8-10-22-11-9-16/h2-5,8-11,17-18H,6-7,12-15H2,1H3. The molecule has 3 fully saturated rings. The van der Waals surface area contributed by atoms with Crippen molar-refractivity contribution in [2.75, 3.05) is 25.9 Å². The Hall–Kier alpha value is -1.85. The lowest BCUT2D eigenvalue weighted by Gasteiger charge is -2.36. The van der Waals surface area contributed by atoms with E-state index in [1.807, 2.05) is 42.9 Å². The Bertz CT molecular complexity index is 767. The molecular formula is C21H25N3OS. The van der Waals surface area contributed by atoms with Crippen molar-refractivity contribution in [3.63, 3.8) is 0 Å². The number of hydrogen-bond donors (Lipinski definition) is 0. The minimum Gasteiger partial charge on any atom is -0.334 e. The zero-order valence-electron chi connectivity index (χ0n) is 15.2. The maximum absolute atomic E-state index is 13.3. The minimum atomic E-state index is 0.204. The second-order valence-corrected chi connectivity index (χ2v) is 8.15. The van der Waals surface area contributed by atoms with Gasteiger partial charge in [-0.3, -0.25) is 14.7 Å². The van der Waals surface area contributed by atoms with Crippen molar-refractivity contribution < 1.29 is 4.79 Å². The quantitative estimate of drug-likeness (QED) is 0.775. The van der Waals surface area contributed by atoms with E-state index >= 15 is 0 Å². The van der Waals surface area contributed by atoms with Crippen molar-refractivity contribution >= 4 is 17.7 Å². The SMILES string of the molecule is CSc1ccccc1C(=O)N1CC2CCC1CN(Cc1ccncc1)C2. The van der Waals surface area contributed by atoms with Crippen LogP contribution in [0.5, 0.6) is 0 Å². The summed E-state index contributed by atoms with van der Waals surface area (Å²) in [5.74, 6) is 0.774. The topological polar surface area (TPSA) is 36.4 Å². The molecule has 4 nitrogen and oxygen atoms in total. The van der Waals surface area contributed by atoms with E-state index in [1.165, 1.54) is 12.0 Å². The molecule has 5 heteroatoms. The van der Waals surface area contributed by atoms with Crippen LogP contribution in [0.15, 0.2) is 53.7 Å². The first-order chi connectivity index (χ1) is 12.7. The zero-order chi connectivity index (χ0) is 17.9. The Morgan fingerprint density at radius 2 is 1.92 bits per heavy atom. The van der Waals surface area contributed by atoms with Gasteiger partial charge in [0.05, 0.1) is 5.56 Å². The summed E-state index contributed by atoms with van der Waals surface area (Å²) in [7, 11) is 0. The summed E-state index contributed by atoms with van der Waals surface area (Å²) >= 11 is 1.65. The molecule has 3 saturated heterocycles. The van der Waals surface area contributed by atoms with Gasteiger partial charge in [0.15, 0.2) is 0 Å². The van der Waals surface area contributed by atoms with Crippen LogP contribution in [0.25, 0.3) is 0 Å². The number of carbonyl (C=O) groups excluding carboxylic acids is 1. The van der Waals surface area contributed by atoms with Crippen LogP contribution < -0.4 is 0 Å². The predicted molar refractivity (Wildman–Crippen MR) is 105 cm³/mol. The molecule has 3 aliphatic rings. The number of nitrogens with zero attached hydrogens (tertiary/aromatic N) is 3. The number of amides is 1. The van der Waals surface area contributed by atoms with E-state index in [0.29, 0.717) is 12.0 Å². The van der Waals surface area contributed by atoms with Gasteiger partial charge in [-0.05, 0) is 54.8 Å². The first-order valence-electron chi connectivity index (χ1n) is 9.30. The Morgan fingerprint density at radius 3 is 2.73 bits per heavy atom. The van der Waals surface area contributed by atoms with E-state index in [9.17, 15) is 4.79 Å². The fraction of sp³-hybridized carbons (Fsp3) is 0.429. The van der Waals surface area contributed by atoms with Crippen LogP contribution in [0.2, 0.25) is 0 Å². The van der Waals surface area contributed by atoms with Crippen molar-refractivity contribution in [2.45, 2.75) is 30.3 Å². The van der Waals surface area contributed by atoms with Crippen molar-refractivity contribution in [3.8, 4) is 0 Å². The van der Waals surface area contributed by atoms with E-state index in [-0.39, 0.29) is 5.91 Å². The minimum absolute atomic E-state index is 0.204. The van der Waals surface area contributed by atoms with Gasteiger partial charge >= 0.3 is 0 Å². The first-order valence-corrected chi connectivity index (χ1v) is 10.5. The van der Waals surface area contributed by atoms with Gasteiger partial charge in [0.25, 0.3) is 5.91 Å². The van der Waals surface area contributed by atoms with Crippen LogP contribution in [0.3, 0.4) is 0 Å². The maximum Gasteiger partial charge on any atom is 0.255 e. The molecule has 0 N–H and O–H groups in total. The van der Waals surface area contributed by atoms with Gasteiger partial charge in [0, 0.05) is 49.5 Å². The molecule has 26 heavy (non-hydrogen) atoms. The lowest BCUT2D eigenvalue weighted by Crippen LogP contribution is -2.47. The van der Waals surface area contributed by atoms with Crippen molar-refractivity contribution in [1.82, 2.24) is 14.8 Å². The van der Waals surface area contributed by atoms with Gasteiger partial charge in [-0.25, -0.2) is 0 Å². The number of benzene rings is 1. The van der Waals surface area contributed by atoms with Gasteiger partial charge in [-0.2, -0.15) is 0 Å². The lowest BCUT2D eigenvalue weighted by atomic mass is 9.94. The molecule has 1 amide bonds. The smallest absolute Gasteiger partial charge is 0.255 e. The van der Waals surface area contributed by atoms with Gasteiger partial charge < -0.3 is 4.90 Å². The van der Waals surface area contributed by atoms with E-state index in [4.69, 9.17) is 0 Å². The maximum atomic E-state index is 13.3. The first kappa shape index (κ1) is 17.6. The summed E-state index contributed by atoms with van der Waals surface area (Å²) in [6, 6.07) is 12.5. The summed E-state index contributed by atoms with van der Waals surface area (Å²) in [6.07, 6.45) is 8.10. The monoisotopic (exact) mass is 367 g/mol. The van der Waals surface area contributed by atoms with Crippen LogP contribution in [0, 0.1) is 5.92 Å². The average molecular weight is 368 g/mol. The summed E-state index contributed by atoms with van der Waals surface area (Å²) in [5.41, 5.74) is 2.15. The Morgan fingerprint density at radius 1 is 1.12 bits per heavy atom. The second kappa shape index (κ2) is 7.80. The summed E-state index contributed by atoms with van der Waals surface area (Å²) < 4.78 is 0. The third-order valence-electron chi connectivity index (χ3n) is 5.54. The number of hydrogen-bond acceptors (Lipinski definition) is 4. The molecule has 2 unspecified atom stereocenters. The Labute approximate surface area is 159 Å². The molecule has 2 aromatic rings. The summed E-state index contributed by atoms with van der Waals surface area (Å²) in [4.78, 5) is 23.1. The van der Waals surface area contributed by atoms with Crippen LogP contribution in [-0.2, 0) is 6.54 Å². The molecule has 0 aliphatic carbocycles. The highest BCUT2D eigenvalue weighted by atomic mass is 32.2. The van der Waals surface area contributed by atoms with Gasteiger partial charge in [-0.1, -0.05) is 12.1 Å². The molecule has 1 aromatic carbocycles. The predicted octanol–water partition coefficient (Wildman–Crippen LogP) is 3.54. The highest BCUT2D eigenvalue weighted by molar-refractivity contribution is 7.98. The van der Waals surface area contributed by atoms with Crippen LogP contribution in [-0.4, -0.2) is 52.6 Å². The molecular weight excluding hydrogens is 342 g/mol. The number of pyridine rings is 1. The third-order valence-corrected chi connectivity index (χ3v) is 6.34. The molecule has 2 bridgehead atoms. The molecule has 136 valence electrons. The molecule has 1 aromatic heterocycles. The second-order valence-electron chi connectivity index (χ2n) is 7.30. The van der Waals surface area contributed by atoms with Crippen molar-refractivity contribution in [2.24, 2.45) is 5.92 Å². The molecule has 0 spiro atoms. The van der Waals surface area contributed by atoms with E-state index in [0.717, 1.165) is 43.1 Å². The molecule has 0 saturated carbocycles.